The summed E-state index contributed by atoms with van der Waals surface area (Å²) in [6, 6.07) is 37.8. The highest BCUT2D eigenvalue weighted by molar-refractivity contribution is 7.00. The fourth-order valence-corrected chi connectivity index (χ4v) is 19.4. The van der Waals surface area contributed by atoms with Crippen LogP contribution in [0.2, 0.25) is 0 Å². The molecule has 14 aromatic rings. The molecule has 0 fully saturated rings. The Hall–Kier alpha value is -10.7. The molecule has 0 spiro atoms. The SMILES string of the molecule is [2H]c1c([2H])c(C(C)(C)C)c(-c2c([2H])c(C(C)(C)C)c([2H])c(-c3c([2H])c([2H])c(C(C)(C)C)c([2H])c3[2H])c2N2c3cc(-n4c5ccc(C(C)(C)C)cc5c5cc(C(C)(C)C)ccc54)ccc3B3c4ccc(-c5cc(C(C)(C)C)cc(C(C)(C)C)c5)cc4N(c4c(-c5c([2H])c([2H])c(C(C)(C)C)c([2H])c5[2H])c([2H])c(C(C)(C)C)c([2H])c4-c4c([2H])c([2H])c(C(C)(C)C)c([2H])c4C(C)(C)C)c4cc(-c5cc(C(C)(C)C)cc(C(C)(C)C)c5)cc2c43)c(C(C)(C)C)c1[2H]. The second-order valence-corrected chi connectivity index (χ2v) is 54.4. The number of nitrogens with zero attached hydrogens (tertiary/aromatic N) is 3. The van der Waals surface area contributed by atoms with Gasteiger partial charge in [-0.15, -0.1) is 0 Å². The second kappa shape index (κ2) is 33.5. The first-order chi connectivity index (χ1) is 70.8. The Morgan fingerprint density at radius 1 is 0.217 bits per heavy atom. The van der Waals surface area contributed by atoms with Crippen LogP contribution in [0, 0.1) is 0 Å². The lowest BCUT2D eigenvalue weighted by atomic mass is 9.33. The molecule has 1 aromatic heterocycles. The molecule has 2 aliphatic heterocycles. The number of fused-ring (bicyclic) bond motifs is 7. The van der Waals surface area contributed by atoms with E-state index in [2.05, 4.69) is 255 Å². The highest BCUT2D eigenvalue weighted by atomic mass is 15.2. The zero-order valence-electron chi connectivity index (χ0n) is 109. The van der Waals surface area contributed by atoms with Crippen LogP contribution in [0.15, 0.2) is 230 Å². The quantitative estimate of drug-likeness (QED) is 0.133. The summed E-state index contributed by atoms with van der Waals surface area (Å²) in [6.45, 7) is 84.5. The van der Waals surface area contributed by atoms with Crippen LogP contribution in [-0.4, -0.2) is 11.3 Å². The van der Waals surface area contributed by atoms with Gasteiger partial charge in [-0.25, -0.2) is 0 Å². The van der Waals surface area contributed by atoms with E-state index in [-0.39, 0.29) is 196 Å². The normalized spacial score (nSPS) is 15.9. The first kappa shape index (κ1) is 79.0. The van der Waals surface area contributed by atoms with Crippen molar-refractivity contribution in [3.8, 4) is 72.4 Å². The van der Waals surface area contributed by atoms with Gasteiger partial charge in [0, 0.05) is 61.5 Å². The number of anilines is 6. The summed E-state index contributed by atoms with van der Waals surface area (Å²) < 4.78 is 203. The minimum absolute atomic E-state index is 0.0000138. The highest BCUT2D eigenvalue weighted by Gasteiger charge is 2.48. The molecule has 138 heavy (non-hydrogen) atoms. The Morgan fingerprint density at radius 2 is 0.543 bits per heavy atom. The molecule has 0 atom stereocenters. The van der Waals surface area contributed by atoms with Crippen molar-refractivity contribution in [2.75, 3.05) is 9.80 Å². The van der Waals surface area contributed by atoms with Crippen molar-refractivity contribution in [1.29, 1.82) is 0 Å². The van der Waals surface area contributed by atoms with Crippen LogP contribution < -0.4 is 26.2 Å². The van der Waals surface area contributed by atoms with E-state index in [9.17, 15) is 24.7 Å². The minimum atomic E-state index is -1.22. The monoisotopic (exact) mass is 1840 g/mol. The van der Waals surface area contributed by atoms with Crippen molar-refractivity contribution in [3.63, 3.8) is 0 Å². The van der Waals surface area contributed by atoms with E-state index in [0.29, 0.717) is 61.5 Å². The zero-order chi connectivity index (χ0) is 117. The van der Waals surface area contributed by atoms with Gasteiger partial charge in [0.05, 0.1) is 47.1 Å². The number of aromatic nitrogens is 1. The van der Waals surface area contributed by atoms with Gasteiger partial charge >= 0.3 is 0 Å². The van der Waals surface area contributed by atoms with E-state index in [4.69, 9.17) is 0 Å². The molecule has 3 nitrogen and oxygen atoms in total. The molecule has 0 bridgehead atoms. The molecule has 3 heterocycles. The maximum Gasteiger partial charge on any atom is 0.252 e. The van der Waals surface area contributed by atoms with Crippen molar-refractivity contribution >= 4 is 79.0 Å². The fourth-order valence-electron chi connectivity index (χ4n) is 19.4. The molecule has 4 heteroatoms. The Labute approximate surface area is 860 Å². The number of benzene rings is 13. The Bertz CT molecular complexity index is 8090. The average Bonchev–Trinajstić information content (AvgIpc) is 0.685. The lowest BCUT2D eigenvalue weighted by molar-refractivity contribution is 0.568. The third-order valence-electron chi connectivity index (χ3n) is 28.1. The van der Waals surface area contributed by atoms with E-state index in [1.807, 2.05) is 171 Å². The van der Waals surface area contributed by atoms with Gasteiger partial charge in [0.1, 0.15) is 0 Å². The minimum Gasteiger partial charge on any atom is -0.310 e. The molecular weight excluding hydrogens is 1660 g/mol. The molecular formula is C134H164BN3. The summed E-state index contributed by atoms with van der Waals surface area (Å²) in [5, 5.41) is 1.97. The van der Waals surface area contributed by atoms with Gasteiger partial charge in [-0.2, -0.15) is 0 Å². The highest BCUT2D eigenvalue weighted by Crippen LogP contribution is 2.59. The van der Waals surface area contributed by atoms with Gasteiger partial charge in [0.25, 0.3) is 6.71 Å². The molecule has 0 aliphatic carbocycles. The van der Waals surface area contributed by atoms with Crippen LogP contribution in [0.25, 0.3) is 94.3 Å². The van der Waals surface area contributed by atoms with Crippen LogP contribution in [0.4, 0.5) is 34.1 Å². The maximum atomic E-state index is 12.2. The summed E-state index contributed by atoms with van der Waals surface area (Å²) in [6.07, 6.45) is 0. The van der Waals surface area contributed by atoms with E-state index < -0.39 is 95.9 Å². The van der Waals surface area contributed by atoms with Gasteiger partial charge in [0.15, 0.2) is 0 Å². The van der Waals surface area contributed by atoms with Gasteiger partial charge in [-0.3, -0.25) is 0 Å². The van der Waals surface area contributed by atoms with E-state index >= 15 is 0 Å². The van der Waals surface area contributed by atoms with Crippen molar-refractivity contribution < 1.29 is 24.7 Å². The summed E-state index contributed by atoms with van der Waals surface area (Å²) in [5.74, 6) is 0. The van der Waals surface area contributed by atoms with E-state index in [0.717, 1.165) is 60.8 Å². The topological polar surface area (TPSA) is 11.4 Å². The predicted molar refractivity (Wildman–Crippen MR) is 609 cm³/mol. The van der Waals surface area contributed by atoms with Gasteiger partial charge in [-0.05, 0) is 293 Å². The van der Waals surface area contributed by atoms with E-state index in [1.165, 1.54) is 0 Å². The first-order valence-corrected chi connectivity index (χ1v) is 50.2. The van der Waals surface area contributed by atoms with Crippen LogP contribution in [0.3, 0.4) is 0 Å². The molecule has 0 amide bonds. The number of rotatable bonds is 9. The lowest BCUT2D eigenvalue weighted by Gasteiger charge is -2.46. The van der Waals surface area contributed by atoms with Gasteiger partial charge in [-0.1, -0.05) is 442 Å². The summed E-state index contributed by atoms with van der Waals surface area (Å²) >= 11 is 0. The second-order valence-electron chi connectivity index (χ2n) is 54.4. The molecule has 16 rings (SSSR count). The zero-order valence-corrected chi connectivity index (χ0v) is 91.5. The molecule has 0 saturated heterocycles. The largest absolute Gasteiger partial charge is 0.310 e. The predicted octanol–water partition coefficient (Wildman–Crippen LogP) is 37.0. The lowest BCUT2D eigenvalue weighted by Crippen LogP contribution is -2.61. The Kier molecular flexibility index (Phi) is 19.2. The maximum absolute atomic E-state index is 12.2. The third-order valence-corrected chi connectivity index (χ3v) is 28.1. The standard InChI is InChI=1S/C134H164BN3/c1-121(2,3)87-51-46-81(47-52-87)100-75-96(130(28,29)30)77-104(99-59-55-91(125(13,14)15)79-108(99)134(40,41)42)119(100)137-113-68-83(84-64-92(126(16,17)18)71-93(65-84)127(19,20)21)50-60-109(113)135-110-61-58-98(136-111-62-56-89(123(7,8)9)73-102(111)103-74-90(124(10,11)12)57-63-112(103)136)80-114(110)138(116-70-86(69-115(137)118(116)135)85-66-94(128(22,23)24)72-95(67-85)129(25,26)27)120-101(82-48-53-88(54-49-82)122(4,5)6)76-97(131(31,32)33)78-105(120)117-106(132(34,35)36)44-43-45-107(117)133(37,38)39/h43-80H,1-42H3/i43D,44D,45D,46D,47D,48D,49D,51D,52D,53D,54D,55D,59D,75D,76D,77D,78D,79D. The Balaban J connectivity index is 1.33. The van der Waals surface area contributed by atoms with Crippen molar-refractivity contribution in [2.24, 2.45) is 0 Å². The van der Waals surface area contributed by atoms with Gasteiger partial charge < -0.3 is 14.4 Å². The van der Waals surface area contributed by atoms with Crippen LogP contribution >= 0.6 is 0 Å². The van der Waals surface area contributed by atoms with Crippen LogP contribution in [0.5, 0.6) is 0 Å². The first-order valence-electron chi connectivity index (χ1n) is 59.2. The van der Waals surface area contributed by atoms with Crippen molar-refractivity contribution in [2.45, 2.75) is 367 Å². The average molecular weight is 1850 g/mol. The summed E-state index contributed by atoms with van der Waals surface area (Å²) in [7, 11) is 0. The Morgan fingerprint density at radius 3 is 0.920 bits per heavy atom. The summed E-state index contributed by atoms with van der Waals surface area (Å²) in [4.78, 5) is 4.12. The molecule has 0 unspecified atom stereocenters. The fraction of sp³-hybridized carbons (Fsp3) is 0.418. The number of hydrogen-bond acceptors (Lipinski definition) is 2. The molecule has 718 valence electrons. The third kappa shape index (κ3) is 18.9. The van der Waals surface area contributed by atoms with Crippen LogP contribution in [0.1, 0.15) is 393 Å². The number of hydrogen-bond donors (Lipinski definition) is 0. The summed E-state index contributed by atoms with van der Waals surface area (Å²) in [5.41, 5.74) is 3.98. The van der Waals surface area contributed by atoms with Gasteiger partial charge in [0.2, 0.25) is 0 Å². The molecule has 0 saturated carbocycles. The molecule has 0 N–H and O–H groups in total. The molecule has 2 aliphatic rings. The molecule has 0 radical (unpaired) electrons. The molecule has 13 aromatic carbocycles. The van der Waals surface area contributed by atoms with E-state index in [1.54, 1.807) is 0 Å². The van der Waals surface area contributed by atoms with Crippen LogP contribution in [-0.2, 0) is 75.8 Å². The van der Waals surface area contributed by atoms with Crippen molar-refractivity contribution in [3.05, 3.63) is 308 Å². The smallest absolute Gasteiger partial charge is 0.252 e. The van der Waals surface area contributed by atoms with Crippen molar-refractivity contribution in [1.82, 2.24) is 4.57 Å².